The predicted octanol–water partition coefficient (Wildman–Crippen LogP) is 4.14. The molecule has 0 atom stereocenters. The molecule has 0 saturated carbocycles. The van der Waals surface area contributed by atoms with E-state index < -0.39 is 0 Å². The lowest BCUT2D eigenvalue weighted by Gasteiger charge is -2.18. The molecule has 152 valence electrons. The van der Waals surface area contributed by atoms with Crippen molar-refractivity contribution in [3.8, 4) is 11.5 Å². The molecule has 0 aliphatic heterocycles. The van der Waals surface area contributed by atoms with Gasteiger partial charge in [0, 0.05) is 48.0 Å². The molecule has 0 aliphatic carbocycles. The SMILES string of the molecule is CCn1ncc(CN(C)C(=O)c2nc(-c3ccccn3)nc3cc(Cl)ccc23)c1C. The third kappa shape index (κ3) is 3.76. The second-order valence-corrected chi connectivity index (χ2v) is 7.44. The molecule has 0 bridgehead atoms. The van der Waals surface area contributed by atoms with E-state index in [1.165, 1.54) is 0 Å². The largest absolute Gasteiger partial charge is 0.336 e. The average molecular weight is 421 g/mol. The van der Waals surface area contributed by atoms with Crippen molar-refractivity contribution in [2.24, 2.45) is 0 Å². The smallest absolute Gasteiger partial charge is 0.273 e. The molecule has 0 saturated heterocycles. The molecule has 4 aromatic rings. The van der Waals surface area contributed by atoms with Crippen molar-refractivity contribution in [1.82, 2.24) is 29.6 Å². The molecule has 4 rings (SSSR count). The summed E-state index contributed by atoms with van der Waals surface area (Å²) < 4.78 is 1.91. The van der Waals surface area contributed by atoms with E-state index in [9.17, 15) is 4.79 Å². The van der Waals surface area contributed by atoms with E-state index in [2.05, 4.69) is 20.1 Å². The lowest BCUT2D eigenvalue weighted by molar-refractivity contribution is 0.0781. The van der Waals surface area contributed by atoms with Crippen LogP contribution >= 0.6 is 11.6 Å². The second kappa shape index (κ2) is 8.20. The van der Waals surface area contributed by atoms with Crippen LogP contribution in [0.4, 0.5) is 0 Å². The van der Waals surface area contributed by atoms with Crippen LogP contribution in [-0.2, 0) is 13.1 Å². The summed E-state index contributed by atoms with van der Waals surface area (Å²) in [5, 5.41) is 5.56. The molecule has 7 nitrogen and oxygen atoms in total. The average Bonchev–Trinajstić information content (AvgIpc) is 3.11. The maximum Gasteiger partial charge on any atom is 0.273 e. The summed E-state index contributed by atoms with van der Waals surface area (Å²) in [6, 6.07) is 10.7. The molecular formula is C22H21ClN6O. The summed E-state index contributed by atoms with van der Waals surface area (Å²) in [6.07, 6.45) is 3.47. The van der Waals surface area contributed by atoms with Gasteiger partial charge in [-0.15, -0.1) is 0 Å². The number of benzene rings is 1. The van der Waals surface area contributed by atoms with Gasteiger partial charge in [0.05, 0.1) is 11.7 Å². The molecule has 0 radical (unpaired) electrons. The molecule has 3 heterocycles. The molecule has 0 fully saturated rings. The van der Waals surface area contributed by atoms with E-state index in [4.69, 9.17) is 11.6 Å². The number of pyridine rings is 1. The number of carbonyl (C=O) groups excluding carboxylic acids is 1. The molecule has 3 aromatic heterocycles. The van der Waals surface area contributed by atoms with Gasteiger partial charge in [0.25, 0.3) is 5.91 Å². The van der Waals surface area contributed by atoms with Gasteiger partial charge in [-0.05, 0) is 44.2 Å². The minimum atomic E-state index is -0.203. The maximum atomic E-state index is 13.4. The standard InChI is InChI=1S/C22H21ClN6O/c1-4-29-14(2)15(12-25-29)13-28(3)22(30)20-17-9-8-16(23)11-19(17)26-21(27-20)18-7-5-6-10-24-18/h5-12H,4,13H2,1-3H3. The van der Waals surface area contributed by atoms with Crippen LogP contribution in [0.25, 0.3) is 22.4 Å². The molecule has 1 aromatic carbocycles. The number of fused-ring (bicyclic) bond motifs is 1. The van der Waals surface area contributed by atoms with Gasteiger partial charge in [0.2, 0.25) is 0 Å². The Morgan fingerprint density at radius 2 is 2.03 bits per heavy atom. The summed E-state index contributed by atoms with van der Waals surface area (Å²) >= 11 is 6.17. The highest BCUT2D eigenvalue weighted by Crippen LogP contribution is 2.25. The zero-order chi connectivity index (χ0) is 21.3. The van der Waals surface area contributed by atoms with Gasteiger partial charge < -0.3 is 4.90 Å². The zero-order valence-corrected chi connectivity index (χ0v) is 17.8. The first kappa shape index (κ1) is 20.0. The van der Waals surface area contributed by atoms with Crippen molar-refractivity contribution >= 4 is 28.4 Å². The Morgan fingerprint density at radius 1 is 1.20 bits per heavy atom. The fraction of sp³-hybridized carbons (Fsp3) is 0.227. The van der Waals surface area contributed by atoms with Crippen LogP contribution < -0.4 is 0 Å². The lowest BCUT2D eigenvalue weighted by Crippen LogP contribution is -2.27. The molecule has 0 spiro atoms. The van der Waals surface area contributed by atoms with E-state index in [1.807, 2.05) is 36.7 Å². The third-order valence-electron chi connectivity index (χ3n) is 5.01. The summed E-state index contributed by atoms with van der Waals surface area (Å²) in [7, 11) is 1.76. The number of nitrogens with zero attached hydrogens (tertiary/aromatic N) is 6. The van der Waals surface area contributed by atoms with Gasteiger partial charge >= 0.3 is 0 Å². The Bertz CT molecular complexity index is 1220. The Hall–Kier alpha value is -3.32. The van der Waals surface area contributed by atoms with Gasteiger partial charge in [0.1, 0.15) is 11.4 Å². The number of amides is 1. The fourth-order valence-corrected chi connectivity index (χ4v) is 3.51. The first-order valence-corrected chi connectivity index (χ1v) is 10.0. The minimum absolute atomic E-state index is 0.203. The van der Waals surface area contributed by atoms with Crippen molar-refractivity contribution in [2.45, 2.75) is 26.9 Å². The zero-order valence-electron chi connectivity index (χ0n) is 17.0. The van der Waals surface area contributed by atoms with E-state index >= 15 is 0 Å². The number of carbonyl (C=O) groups is 1. The van der Waals surface area contributed by atoms with Crippen molar-refractivity contribution in [3.63, 3.8) is 0 Å². The van der Waals surface area contributed by atoms with E-state index in [-0.39, 0.29) is 5.91 Å². The van der Waals surface area contributed by atoms with Crippen LogP contribution in [0.15, 0.2) is 48.8 Å². The fourth-order valence-electron chi connectivity index (χ4n) is 3.34. The molecule has 0 N–H and O–H groups in total. The Morgan fingerprint density at radius 3 is 2.73 bits per heavy atom. The lowest BCUT2D eigenvalue weighted by atomic mass is 10.1. The highest BCUT2D eigenvalue weighted by atomic mass is 35.5. The summed E-state index contributed by atoms with van der Waals surface area (Å²) in [5.74, 6) is 0.183. The summed E-state index contributed by atoms with van der Waals surface area (Å²) in [6.45, 7) is 5.26. The Labute approximate surface area is 179 Å². The monoisotopic (exact) mass is 420 g/mol. The Kier molecular flexibility index (Phi) is 5.46. The number of hydrogen-bond acceptors (Lipinski definition) is 5. The highest BCUT2D eigenvalue weighted by molar-refractivity contribution is 6.31. The van der Waals surface area contributed by atoms with Gasteiger partial charge in [-0.25, -0.2) is 9.97 Å². The molecule has 8 heteroatoms. The molecule has 30 heavy (non-hydrogen) atoms. The van der Waals surface area contributed by atoms with Crippen LogP contribution in [0.5, 0.6) is 0 Å². The number of aromatic nitrogens is 5. The summed E-state index contributed by atoms with van der Waals surface area (Å²) in [5.41, 5.74) is 3.56. The van der Waals surface area contributed by atoms with Gasteiger partial charge in [0.15, 0.2) is 5.82 Å². The molecule has 0 unspecified atom stereocenters. The molecule has 1 amide bonds. The number of aryl methyl sites for hydroxylation is 1. The number of halogens is 1. The first-order chi connectivity index (χ1) is 14.5. The van der Waals surface area contributed by atoms with Crippen LogP contribution in [0.1, 0.15) is 28.7 Å². The summed E-state index contributed by atoms with van der Waals surface area (Å²) in [4.78, 5) is 28.5. The normalized spacial score (nSPS) is 11.1. The van der Waals surface area contributed by atoms with Gasteiger partial charge in [-0.1, -0.05) is 17.7 Å². The predicted molar refractivity (Wildman–Crippen MR) is 116 cm³/mol. The van der Waals surface area contributed by atoms with Crippen molar-refractivity contribution in [1.29, 1.82) is 0 Å². The maximum absolute atomic E-state index is 13.4. The topological polar surface area (TPSA) is 76.8 Å². The Balaban J connectivity index is 1.76. The molecular weight excluding hydrogens is 400 g/mol. The van der Waals surface area contributed by atoms with Gasteiger partial charge in [-0.3, -0.25) is 14.5 Å². The molecule has 0 aliphatic rings. The van der Waals surface area contributed by atoms with Crippen molar-refractivity contribution in [3.05, 3.63) is 70.8 Å². The van der Waals surface area contributed by atoms with Crippen molar-refractivity contribution in [2.75, 3.05) is 7.05 Å². The van der Waals surface area contributed by atoms with E-state index in [0.717, 1.165) is 17.8 Å². The van der Waals surface area contributed by atoms with Crippen LogP contribution in [0.2, 0.25) is 5.02 Å². The van der Waals surface area contributed by atoms with Crippen molar-refractivity contribution < 1.29 is 4.79 Å². The van der Waals surface area contributed by atoms with Crippen LogP contribution in [0, 0.1) is 6.92 Å². The first-order valence-electron chi connectivity index (χ1n) is 9.63. The second-order valence-electron chi connectivity index (χ2n) is 7.00. The number of rotatable bonds is 5. The van der Waals surface area contributed by atoms with Gasteiger partial charge in [-0.2, -0.15) is 5.10 Å². The third-order valence-corrected chi connectivity index (χ3v) is 5.25. The van der Waals surface area contributed by atoms with E-state index in [0.29, 0.717) is 39.7 Å². The minimum Gasteiger partial charge on any atom is -0.336 e. The van der Waals surface area contributed by atoms with Crippen LogP contribution in [-0.4, -0.2) is 42.6 Å². The van der Waals surface area contributed by atoms with E-state index in [1.54, 1.807) is 42.5 Å². The van der Waals surface area contributed by atoms with Crippen LogP contribution in [0.3, 0.4) is 0 Å². The quantitative estimate of drug-likeness (QED) is 0.485. The number of hydrogen-bond donors (Lipinski definition) is 0. The highest BCUT2D eigenvalue weighted by Gasteiger charge is 2.21.